The van der Waals surface area contributed by atoms with Crippen LogP contribution in [0.3, 0.4) is 0 Å². The number of phenolic OH excluding ortho intramolecular Hbond substituents is 1. The number of guanidine groups is 1. The summed E-state index contributed by atoms with van der Waals surface area (Å²) in [7, 11) is 0. The number of halogens is 1. The maximum Gasteiger partial charge on any atom is 0.196 e. The van der Waals surface area contributed by atoms with E-state index >= 15 is 0 Å². The van der Waals surface area contributed by atoms with Gasteiger partial charge < -0.3 is 15.7 Å². The third-order valence-corrected chi connectivity index (χ3v) is 2.22. The van der Waals surface area contributed by atoms with Gasteiger partial charge in [0, 0.05) is 6.54 Å². The summed E-state index contributed by atoms with van der Waals surface area (Å²) in [6, 6.07) is 4.97. The van der Waals surface area contributed by atoms with Crippen molar-refractivity contribution in [3.8, 4) is 5.75 Å². The minimum Gasteiger partial charge on any atom is -0.506 e. The molecule has 5 heteroatoms. The molecule has 74 valence electrons. The van der Waals surface area contributed by atoms with Crippen molar-refractivity contribution in [1.82, 2.24) is 5.32 Å². The molecule has 0 saturated heterocycles. The van der Waals surface area contributed by atoms with Gasteiger partial charge in [-0.15, -0.1) is 0 Å². The van der Waals surface area contributed by atoms with Crippen LogP contribution in [0.4, 0.5) is 5.69 Å². The second kappa shape index (κ2) is 3.75. The Kier molecular flexibility index (Phi) is 2.45. The molecule has 0 aromatic heterocycles. The quantitative estimate of drug-likeness (QED) is 0.616. The predicted octanol–water partition coefficient (Wildman–Crippen LogP) is 1.42. The van der Waals surface area contributed by atoms with Gasteiger partial charge in [-0.3, -0.25) is 4.99 Å². The molecule has 14 heavy (non-hydrogen) atoms. The summed E-state index contributed by atoms with van der Waals surface area (Å²) in [5.41, 5.74) is 0.488. The average molecular weight is 212 g/mol. The van der Waals surface area contributed by atoms with Crippen LogP contribution >= 0.6 is 11.6 Å². The number of hydrogen-bond donors (Lipinski definition) is 3. The molecule has 1 aromatic carbocycles. The molecule has 0 amide bonds. The van der Waals surface area contributed by atoms with Crippen LogP contribution in [0.1, 0.15) is 0 Å². The van der Waals surface area contributed by atoms with Crippen LogP contribution in [0.2, 0.25) is 5.02 Å². The lowest BCUT2D eigenvalue weighted by atomic mass is 10.3. The molecule has 0 unspecified atom stereocenters. The molecule has 0 fully saturated rings. The maximum atomic E-state index is 9.52. The molecule has 1 heterocycles. The molecule has 0 bridgehead atoms. The summed E-state index contributed by atoms with van der Waals surface area (Å²) in [4.78, 5) is 4.14. The summed E-state index contributed by atoms with van der Waals surface area (Å²) in [5.74, 6) is 0.766. The molecule has 3 N–H and O–H groups in total. The van der Waals surface area contributed by atoms with Crippen LogP contribution in [-0.4, -0.2) is 24.2 Å². The summed E-state index contributed by atoms with van der Waals surface area (Å²) in [6.07, 6.45) is 0. The smallest absolute Gasteiger partial charge is 0.196 e. The number of para-hydroxylation sites is 1. The third-order valence-electron chi connectivity index (χ3n) is 1.91. The number of nitrogens with zero attached hydrogens (tertiary/aromatic N) is 1. The van der Waals surface area contributed by atoms with E-state index in [2.05, 4.69) is 15.6 Å². The van der Waals surface area contributed by atoms with Crippen molar-refractivity contribution < 1.29 is 5.11 Å². The first kappa shape index (κ1) is 9.15. The largest absolute Gasteiger partial charge is 0.506 e. The van der Waals surface area contributed by atoms with Gasteiger partial charge in [0.1, 0.15) is 11.4 Å². The average Bonchev–Trinajstić information content (AvgIpc) is 2.64. The first-order chi connectivity index (χ1) is 6.77. The van der Waals surface area contributed by atoms with Crippen molar-refractivity contribution in [2.45, 2.75) is 0 Å². The monoisotopic (exact) mass is 211 g/mol. The molecular formula is C9H10ClN3O. The Morgan fingerprint density at radius 3 is 3.00 bits per heavy atom. The Hall–Kier alpha value is -1.42. The Bertz CT molecular complexity index is 358. The van der Waals surface area contributed by atoms with E-state index in [-0.39, 0.29) is 5.75 Å². The molecule has 2 rings (SSSR count). The van der Waals surface area contributed by atoms with E-state index in [9.17, 15) is 5.11 Å². The SMILES string of the molecule is Oc1cccc(Cl)c1NC1=NCCN1. The van der Waals surface area contributed by atoms with E-state index in [1.54, 1.807) is 18.2 Å². The summed E-state index contributed by atoms with van der Waals surface area (Å²) in [5, 5.41) is 16.0. The van der Waals surface area contributed by atoms with Crippen LogP contribution < -0.4 is 10.6 Å². The van der Waals surface area contributed by atoms with E-state index < -0.39 is 0 Å². The van der Waals surface area contributed by atoms with Crippen LogP contribution in [0.15, 0.2) is 23.2 Å². The summed E-state index contributed by atoms with van der Waals surface area (Å²) >= 11 is 5.90. The molecule has 0 radical (unpaired) electrons. The Morgan fingerprint density at radius 2 is 2.36 bits per heavy atom. The fourth-order valence-corrected chi connectivity index (χ4v) is 1.45. The molecule has 0 spiro atoms. The highest BCUT2D eigenvalue weighted by Gasteiger charge is 2.10. The van der Waals surface area contributed by atoms with Crippen molar-refractivity contribution in [3.05, 3.63) is 23.2 Å². The Balaban J connectivity index is 2.23. The highest BCUT2D eigenvalue weighted by molar-refractivity contribution is 6.34. The number of anilines is 1. The van der Waals surface area contributed by atoms with Gasteiger partial charge in [0.05, 0.1) is 11.6 Å². The van der Waals surface area contributed by atoms with Crippen LogP contribution in [0.5, 0.6) is 5.75 Å². The van der Waals surface area contributed by atoms with E-state index in [4.69, 9.17) is 11.6 Å². The second-order valence-corrected chi connectivity index (χ2v) is 3.32. The number of benzene rings is 1. The lowest BCUT2D eigenvalue weighted by Gasteiger charge is -2.09. The number of aliphatic imine (C=N–C) groups is 1. The van der Waals surface area contributed by atoms with Gasteiger partial charge in [-0.2, -0.15) is 0 Å². The number of aromatic hydroxyl groups is 1. The molecule has 1 aliphatic heterocycles. The number of nitrogens with one attached hydrogen (secondary N) is 2. The van der Waals surface area contributed by atoms with E-state index in [1.165, 1.54) is 0 Å². The zero-order chi connectivity index (χ0) is 9.97. The first-order valence-electron chi connectivity index (χ1n) is 4.30. The lowest BCUT2D eigenvalue weighted by molar-refractivity contribution is 0.478. The predicted molar refractivity (Wildman–Crippen MR) is 57.0 cm³/mol. The van der Waals surface area contributed by atoms with Crippen LogP contribution in [0.25, 0.3) is 0 Å². The second-order valence-electron chi connectivity index (χ2n) is 2.92. The molecular weight excluding hydrogens is 202 g/mol. The van der Waals surface area contributed by atoms with Gasteiger partial charge in [0.15, 0.2) is 5.96 Å². The zero-order valence-corrected chi connectivity index (χ0v) is 8.17. The maximum absolute atomic E-state index is 9.52. The highest BCUT2D eigenvalue weighted by atomic mass is 35.5. The number of rotatable bonds is 1. The normalized spacial score (nSPS) is 14.8. The van der Waals surface area contributed by atoms with Gasteiger partial charge in [-0.1, -0.05) is 17.7 Å². The highest BCUT2D eigenvalue weighted by Crippen LogP contribution is 2.30. The van der Waals surface area contributed by atoms with Gasteiger partial charge in [-0.05, 0) is 12.1 Å². The fourth-order valence-electron chi connectivity index (χ4n) is 1.24. The Morgan fingerprint density at radius 1 is 1.50 bits per heavy atom. The lowest BCUT2D eigenvalue weighted by Crippen LogP contribution is -2.26. The van der Waals surface area contributed by atoms with Crippen molar-refractivity contribution in [3.63, 3.8) is 0 Å². The molecule has 1 aromatic rings. The van der Waals surface area contributed by atoms with E-state index in [1.807, 2.05) is 0 Å². The Labute approximate surface area is 86.6 Å². The minimum atomic E-state index is 0.119. The van der Waals surface area contributed by atoms with Crippen molar-refractivity contribution in [2.24, 2.45) is 4.99 Å². The van der Waals surface area contributed by atoms with Gasteiger partial charge >= 0.3 is 0 Å². The molecule has 1 aliphatic rings. The molecule has 0 atom stereocenters. The topological polar surface area (TPSA) is 56.6 Å². The number of phenols is 1. The standard InChI is InChI=1S/C9H10ClN3O/c10-6-2-1-3-7(14)8(6)13-9-11-4-5-12-9/h1-3,14H,4-5H2,(H2,11,12,13). The van der Waals surface area contributed by atoms with E-state index in [0.29, 0.717) is 16.7 Å². The van der Waals surface area contributed by atoms with Crippen molar-refractivity contribution in [1.29, 1.82) is 0 Å². The van der Waals surface area contributed by atoms with Crippen LogP contribution in [-0.2, 0) is 0 Å². The van der Waals surface area contributed by atoms with Crippen molar-refractivity contribution >= 4 is 23.2 Å². The summed E-state index contributed by atoms with van der Waals surface area (Å²) in [6.45, 7) is 1.56. The number of hydrogen-bond acceptors (Lipinski definition) is 4. The fraction of sp³-hybridized carbons (Fsp3) is 0.222. The summed E-state index contributed by atoms with van der Waals surface area (Å²) < 4.78 is 0. The molecule has 0 saturated carbocycles. The molecule has 0 aliphatic carbocycles. The van der Waals surface area contributed by atoms with Gasteiger partial charge in [0.2, 0.25) is 0 Å². The van der Waals surface area contributed by atoms with Gasteiger partial charge in [0.25, 0.3) is 0 Å². The molecule has 4 nitrogen and oxygen atoms in total. The van der Waals surface area contributed by atoms with Crippen molar-refractivity contribution in [2.75, 3.05) is 18.4 Å². The van der Waals surface area contributed by atoms with Crippen LogP contribution in [0, 0.1) is 0 Å². The third kappa shape index (κ3) is 1.75. The first-order valence-corrected chi connectivity index (χ1v) is 4.68. The van der Waals surface area contributed by atoms with E-state index in [0.717, 1.165) is 13.1 Å². The zero-order valence-electron chi connectivity index (χ0n) is 7.42. The minimum absolute atomic E-state index is 0.119. The van der Waals surface area contributed by atoms with Gasteiger partial charge in [-0.25, -0.2) is 0 Å².